The van der Waals surface area contributed by atoms with Crippen LogP contribution in [0.25, 0.3) is 0 Å². The Morgan fingerprint density at radius 3 is 2.17 bits per heavy atom. The maximum atomic E-state index is 12.6. The van der Waals surface area contributed by atoms with Crippen LogP contribution in [0.2, 0.25) is 0 Å². The highest BCUT2D eigenvalue weighted by Crippen LogP contribution is 2.25. The SMILES string of the molecule is O=C(CCN1CCN(C(=O)C2CCCCC2)CC1)N1CCNCC1. The molecule has 0 spiro atoms. The van der Waals surface area contributed by atoms with Crippen LogP contribution >= 0.6 is 0 Å². The van der Waals surface area contributed by atoms with Crippen molar-refractivity contribution in [3.8, 4) is 0 Å². The summed E-state index contributed by atoms with van der Waals surface area (Å²) in [7, 11) is 0. The van der Waals surface area contributed by atoms with Gasteiger partial charge in [0, 0.05) is 71.2 Å². The molecule has 3 fully saturated rings. The van der Waals surface area contributed by atoms with E-state index in [2.05, 4.69) is 15.1 Å². The molecule has 1 N–H and O–H groups in total. The van der Waals surface area contributed by atoms with Crippen LogP contribution in [-0.4, -0.2) is 85.4 Å². The summed E-state index contributed by atoms with van der Waals surface area (Å²) in [5.74, 6) is 0.933. The van der Waals surface area contributed by atoms with E-state index in [1.165, 1.54) is 19.3 Å². The molecule has 0 bridgehead atoms. The van der Waals surface area contributed by atoms with Gasteiger partial charge in [0.05, 0.1) is 0 Å². The number of rotatable bonds is 4. The van der Waals surface area contributed by atoms with Gasteiger partial charge in [0.1, 0.15) is 0 Å². The Kier molecular flexibility index (Phi) is 6.49. The predicted octanol–water partition coefficient (Wildman–Crippen LogP) is 0.533. The standard InChI is InChI=1S/C18H32N4O2/c23-17(21-10-7-19-8-11-21)6-9-20-12-14-22(15-13-20)18(24)16-4-2-1-3-5-16/h16,19H,1-15H2. The molecule has 2 heterocycles. The Bertz CT molecular complexity index is 423. The normalized spacial score (nSPS) is 24.2. The fraction of sp³-hybridized carbons (Fsp3) is 0.889. The van der Waals surface area contributed by atoms with Gasteiger partial charge in [0.2, 0.25) is 11.8 Å². The summed E-state index contributed by atoms with van der Waals surface area (Å²) in [5.41, 5.74) is 0. The van der Waals surface area contributed by atoms with Crippen molar-refractivity contribution in [2.24, 2.45) is 5.92 Å². The van der Waals surface area contributed by atoms with E-state index in [1.54, 1.807) is 0 Å². The molecule has 1 aliphatic carbocycles. The molecule has 3 rings (SSSR count). The lowest BCUT2D eigenvalue weighted by atomic mass is 9.88. The van der Waals surface area contributed by atoms with Crippen molar-refractivity contribution in [3.63, 3.8) is 0 Å². The van der Waals surface area contributed by atoms with Crippen LogP contribution in [0.4, 0.5) is 0 Å². The second-order valence-electron chi connectivity index (χ2n) is 7.38. The van der Waals surface area contributed by atoms with Crippen molar-refractivity contribution in [2.45, 2.75) is 38.5 Å². The topological polar surface area (TPSA) is 55.9 Å². The number of nitrogens with zero attached hydrogens (tertiary/aromatic N) is 3. The smallest absolute Gasteiger partial charge is 0.225 e. The van der Waals surface area contributed by atoms with Crippen LogP contribution in [0, 0.1) is 5.92 Å². The molecule has 0 radical (unpaired) electrons. The quantitative estimate of drug-likeness (QED) is 0.814. The van der Waals surface area contributed by atoms with E-state index in [-0.39, 0.29) is 11.8 Å². The largest absolute Gasteiger partial charge is 0.340 e. The minimum Gasteiger partial charge on any atom is -0.340 e. The molecule has 2 amide bonds. The average molecular weight is 336 g/mol. The van der Waals surface area contributed by atoms with Gasteiger partial charge in [0.15, 0.2) is 0 Å². The van der Waals surface area contributed by atoms with Gasteiger partial charge in [-0.2, -0.15) is 0 Å². The van der Waals surface area contributed by atoms with Gasteiger partial charge in [0.25, 0.3) is 0 Å². The highest BCUT2D eigenvalue weighted by Gasteiger charge is 2.28. The maximum absolute atomic E-state index is 12.6. The molecule has 6 heteroatoms. The molecule has 0 aromatic heterocycles. The van der Waals surface area contributed by atoms with E-state index in [1.807, 2.05) is 4.90 Å². The molecule has 2 saturated heterocycles. The molecule has 1 saturated carbocycles. The number of carbonyl (C=O) groups is 2. The zero-order chi connectivity index (χ0) is 16.8. The molecule has 2 aliphatic heterocycles. The molecule has 0 unspecified atom stereocenters. The number of hydrogen-bond donors (Lipinski definition) is 1. The maximum Gasteiger partial charge on any atom is 0.225 e. The van der Waals surface area contributed by atoms with E-state index in [0.717, 1.165) is 71.7 Å². The molecule has 6 nitrogen and oxygen atoms in total. The highest BCUT2D eigenvalue weighted by atomic mass is 16.2. The minimum absolute atomic E-state index is 0.275. The van der Waals surface area contributed by atoms with Crippen molar-refractivity contribution in [2.75, 3.05) is 58.9 Å². The molecule has 0 aromatic carbocycles. The lowest BCUT2D eigenvalue weighted by Gasteiger charge is -2.37. The predicted molar refractivity (Wildman–Crippen MR) is 93.7 cm³/mol. The third-order valence-electron chi connectivity index (χ3n) is 5.75. The molecular formula is C18H32N4O2. The lowest BCUT2D eigenvalue weighted by molar-refractivity contribution is -0.139. The summed E-state index contributed by atoms with van der Waals surface area (Å²) in [6, 6.07) is 0. The number of carbonyl (C=O) groups excluding carboxylic acids is 2. The molecular weight excluding hydrogens is 304 g/mol. The summed E-state index contributed by atoms with van der Waals surface area (Å²) < 4.78 is 0. The minimum atomic E-state index is 0.275. The summed E-state index contributed by atoms with van der Waals surface area (Å²) in [6.07, 6.45) is 6.49. The van der Waals surface area contributed by atoms with E-state index >= 15 is 0 Å². The van der Waals surface area contributed by atoms with Crippen LogP contribution in [-0.2, 0) is 9.59 Å². The third-order valence-corrected chi connectivity index (χ3v) is 5.75. The van der Waals surface area contributed by atoms with Crippen molar-refractivity contribution in [1.82, 2.24) is 20.0 Å². The number of nitrogens with one attached hydrogen (secondary N) is 1. The van der Waals surface area contributed by atoms with E-state index < -0.39 is 0 Å². The van der Waals surface area contributed by atoms with Gasteiger partial charge < -0.3 is 15.1 Å². The summed E-state index contributed by atoms with van der Waals surface area (Å²) >= 11 is 0. The lowest BCUT2D eigenvalue weighted by Crippen LogP contribution is -2.51. The Morgan fingerprint density at radius 2 is 1.50 bits per heavy atom. The van der Waals surface area contributed by atoms with E-state index in [4.69, 9.17) is 0 Å². The van der Waals surface area contributed by atoms with Crippen molar-refractivity contribution in [3.05, 3.63) is 0 Å². The Hall–Kier alpha value is -1.14. The third kappa shape index (κ3) is 4.70. The van der Waals surface area contributed by atoms with E-state index in [9.17, 15) is 9.59 Å². The first-order valence-corrected chi connectivity index (χ1v) is 9.73. The fourth-order valence-electron chi connectivity index (χ4n) is 4.13. The first-order valence-electron chi connectivity index (χ1n) is 9.73. The Balaban J connectivity index is 1.35. The molecule has 24 heavy (non-hydrogen) atoms. The van der Waals surface area contributed by atoms with Crippen molar-refractivity contribution in [1.29, 1.82) is 0 Å². The molecule has 3 aliphatic rings. The highest BCUT2D eigenvalue weighted by molar-refractivity contribution is 5.79. The fourth-order valence-corrected chi connectivity index (χ4v) is 4.13. The summed E-state index contributed by atoms with van der Waals surface area (Å²) in [5, 5.41) is 3.28. The van der Waals surface area contributed by atoms with Crippen LogP contribution in [0.15, 0.2) is 0 Å². The second kappa shape index (κ2) is 8.81. The monoisotopic (exact) mass is 336 g/mol. The zero-order valence-electron chi connectivity index (χ0n) is 14.8. The summed E-state index contributed by atoms with van der Waals surface area (Å²) in [6.45, 7) is 7.80. The molecule has 136 valence electrons. The Morgan fingerprint density at radius 1 is 0.833 bits per heavy atom. The van der Waals surface area contributed by atoms with E-state index in [0.29, 0.717) is 12.3 Å². The van der Waals surface area contributed by atoms with Gasteiger partial charge in [-0.25, -0.2) is 0 Å². The zero-order valence-corrected chi connectivity index (χ0v) is 14.8. The van der Waals surface area contributed by atoms with Gasteiger partial charge >= 0.3 is 0 Å². The van der Waals surface area contributed by atoms with Crippen molar-refractivity contribution >= 4 is 11.8 Å². The van der Waals surface area contributed by atoms with Crippen LogP contribution in [0.1, 0.15) is 38.5 Å². The molecule has 0 aromatic rings. The number of piperazine rings is 2. The average Bonchev–Trinajstić information content (AvgIpc) is 2.67. The molecule has 0 atom stereocenters. The van der Waals surface area contributed by atoms with Crippen molar-refractivity contribution < 1.29 is 9.59 Å². The van der Waals surface area contributed by atoms with Gasteiger partial charge in [-0.15, -0.1) is 0 Å². The van der Waals surface area contributed by atoms with Gasteiger partial charge in [-0.05, 0) is 12.8 Å². The first-order chi connectivity index (χ1) is 11.7. The Labute approximate surface area is 145 Å². The van der Waals surface area contributed by atoms with Crippen LogP contribution < -0.4 is 5.32 Å². The van der Waals surface area contributed by atoms with Crippen LogP contribution in [0.3, 0.4) is 0 Å². The van der Waals surface area contributed by atoms with Gasteiger partial charge in [-0.3, -0.25) is 14.5 Å². The van der Waals surface area contributed by atoms with Gasteiger partial charge in [-0.1, -0.05) is 19.3 Å². The first kappa shape index (κ1) is 17.7. The second-order valence-corrected chi connectivity index (χ2v) is 7.38. The van der Waals surface area contributed by atoms with Crippen LogP contribution in [0.5, 0.6) is 0 Å². The number of hydrogen-bond acceptors (Lipinski definition) is 4. The number of amides is 2. The summed E-state index contributed by atoms with van der Waals surface area (Å²) in [4.78, 5) is 31.2.